The van der Waals surface area contributed by atoms with Crippen molar-refractivity contribution in [3.63, 3.8) is 0 Å². The van der Waals surface area contributed by atoms with Gasteiger partial charge in [-0.25, -0.2) is 0 Å². The van der Waals surface area contributed by atoms with Crippen molar-refractivity contribution in [1.82, 2.24) is 19.7 Å². The average molecular weight is 443 g/mol. The summed E-state index contributed by atoms with van der Waals surface area (Å²) < 4.78 is 3.03. The normalized spacial score (nSPS) is 17.7. The van der Waals surface area contributed by atoms with Crippen LogP contribution >= 0.6 is 27.7 Å². The summed E-state index contributed by atoms with van der Waals surface area (Å²) in [6.07, 6.45) is 8.30. The van der Waals surface area contributed by atoms with E-state index in [-0.39, 0.29) is 5.25 Å². The topological polar surface area (TPSA) is 60.7 Å². The number of carbonyl (C=O) groups is 1. The molecule has 138 valence electrons. The minimum Gasteiger partial charge on any atom is -0.298 e. The maximum atomic E-state index is 12.5. The van der Waals surface area contributed by atoms with E-state index >= 15 is 0 Å². The smallest absolute Gasteiger partial charge is 0.196 e. The zero-order valence-electron chi connectivity index (χ0n) is 14.7. The first kappa shape index (κ1) is 18.4. The predicted octanol–water partition coefficient (Wildman–Crippen LogP) is 5.09. The van der Waals surface area contributed by atoms with Crippen LogP contribution in [0.1, 0.15) is 32.1 Å². The van der Waals surface area contributed by atoms with Crippen LogP contribution in [-0.2, 0) is 4.79 Å². The van der Waals surface area contributed by atoms with Crippen LogP contribution in [0.2, 0.25) is 0 Å². The minimum atomic E-state index is -0.0485. The summed E-state index contributed by atoms with van der Waals surface area (Å²) in [5, 5.41) is 9.56. The third-order valence-corrected chi connectivity index (χ3v) is 6.42. The van der Waals surface area contributed by atoms with Gasteiger partial charge < -0.3 is 0 Å². The fourth-order valence-corrected chi connectivity index (χ4v) is 4.67. The van der Waals surface area contributed by atoms with Gasteiger partial charge in [0.15, 0.2) is 11.0 Å². The number of rotatable bonds is 4. The molecule has 1 fully saturated rings. The number of thioether (sulfide) groups is 1. The van der Waals surface area contributed by atoms with Crippen LogP contribution in [0.15, 0.2) is 58.4 Å². The quantitative estimate of drug-likeness (QED) is 0.526. The molecule has 3 aromatic rings. The van der Waals surface area contributed by atoms with E-state index in [0.717, 1.165) is 52.4 Å². The number of aromatic nitrogens is 4. The summed E-state index contributed by atoms with van der Waals surface area (Å²) in [5.74, 6) is 1.06. The summed E-state index contributed by atoms with van der Waals surface area (Å²) >= 11 is 5.02. The van der Waals surface area contributed by atoms with E-state index in [0.29, 0.717) is 12.2 Å². The van der Waals surface area contributed by atoms with Gasteiger partial charge in [-0.1, -0.05) is 40.5 Å². The Morgan fingerprint density at radius 3 is 2.70 bits per heavy atom. The molecule has 0 amide bonds. The Labute approximate surface area is 170 Å². The molecule has 2 aromatic heterocycles. The number of carbonyl (C=O) groups excluding carboxylic acids is 1. The Hall–Kier alpha value is -1.99. The Kier molecular flexibility index (Phi) is 5.69. The van der Waals surface area contributed by atoms with Crippen molar-refractivity contribution in [2.45, 2.75) is 42.5 Å². The van der Waals surface area contributed by atoms with Gasteiger partial charge in [0, 0.05) is 34.5 Å². The largest absolute Gasteiger partial charge is 0.298 e. The summed E-state index contributed by atoms with van der Waals surface area (Å²) in [7, 11) is 0. The highest BCUT2D eigenvalue weighted by Gasteiger charge is 2.26. The molecule has 1 atom stereocenters. The number of hydrogen-bond acceptors (Lipinski definition) is 5. The summed E-state index contributed by atoms with van der Waals surface area (Å²) in [5.41, 5.74) is 1.86. The highest BCUT2D eigenvalue weighted by atomic mass is 79.9. The van der Waals surface area contributed by atoms with Crippen molar-refractivity contribution in [3.05, 3.63) is 53.3 Å². The first-order chi connectivity index (χ1) is 13.2. The average Bonchev–Trinajstić information content (AvgIpc) is 3.00. The van der Waals surface area contributed by atoms with Gasteiger partial charge in [-0.05, 0) is 49.2 Å². The van der Waals surface area contributed by atoms with Gasteiger partial charge in [0.25, 0.3) is 0 Å². The maximum Gasteiger partial charge on any atom is 0.196 e. The minimum absolute atomic E-state index is 0.0485. The third kappa shape index (κ3) is 4.14. The van der Waals surface area contributed by atoms with Gasteiger partial charge in [-0.3, -0.25) is 14.3 Å². The summed E-state index contributed by atoms with van der Waals surface area (Å²) in [6.45, 7) is 0. The Bertz CT molecular complexity index is 927. The van der Waals surface area contributed by atoms with Crippen molar-refractivity contribution >= 4 is 33.5 Å². The Morgan fingerprint density at radius 2 is 1.93 bits per heavy atom. The summed E-state index contributed by atoms with van der Waals surface area (Å²) in [4.78, 5) is 16.7. The molecule has 0 N–H and O–H groups in total. The second kappa shape index (κ2) is 8.35. The first-order valence-corrected chi connectivity index (χ1v) is 10.7. The molecule has 7 heteroatoms. The molecule has 2 heterocycles. The van der Waals surface area contributed by atoms with Crippen molar-refractivity contribution in [2.75, 3.05) is 0 Å². The first-order valence-electron chi connectivity index (χ1n) is 9.03. The number of nitrogens with zero attached hydrogens (tertiary/aromatic N) is 4. The van der Waals surface area contributed by atoms with E-state index < -0.39 is 0 Å². The van der Waals surface area contributed by atoms with Crippen LogP contribution in [0.5, 0.6) is 0 Å². The van der Waals surface area contributed by atoms with Gasteiger partial charge >= 0.3 is 0 Å². The standard InChI is InChI=1S/C20H19BrN4OS/c21-15-8-10-16(11-9-15)25-19(14-5-4-12-22-13-14)23-24-20(25)27-18-7-3-1-2-6-17(18)26/h4-5,8-13,18H,1-3,6-7H2/t18-/m0/s1. The lowest BCUT2D eigenvalue weighted by atomic mass is 10.2. The number of halogens is 1. The molecule has 0 saturated heterocycles. The van der Waals surface area contributed by atoms with E-state index in [4.69, 9.17) is 0 Å². The molecular formula is C20H19BrN4OS. The van der Waals surface area contributed by atoms with Gasteiger partial charge in [-0.15, -0.1) is 10.2 Å². The number of Topliss-reactive ketones (excluding diaryl/α,β-unsaturated/α-hetero) is 1. The molecule has 0 unspecified atom stereocenters. The van der Waals surface area contributed by atoms with Crippen LogP contribution in [-0.4, -0.2) is 30.8 Å². The molecule has 1 aliphatic rings. The zero-order valence-corrected chi connectivity index (χ0v) is 17.1. The molecule has 1 aliphatic carbocycles. The van der Waals surface area contributed by atoms with Crippen LogP contribution < -0.4 is 0 Å². The summed E-state index contributed by atoms with van der Waals surface area (Å²) in [6, 6.07) is 11.9. The molecule has 0 radical (unpaired) electrons. The molecule has 0 aliphatic heterocycles. The monoisotopic (exact) mass is 442 g/mol. The zero-order chi connectivity index (χ0) is 18.6. The van der Waals surface area contributed by atoms with E-state index in [1.165, 1.54) is 11.8 Å². The second-order valence-electron chi connectivity index (χ2n) is 6.53. The highest BCUT2D eigenvalue weighted by Crippen LogP contribution is 2.34. The van der Waals surface area contributed by atoms with Gasteiger partial charge in [-0.2, -0.15) is 0 Å². The van der Waals surface area contributed by atoms with Crippen molar-refractivity contribution in [2.24, 2.45) is 0 Å². The number of benzene rings is 1. The third-order valence-electron chi connectivity index (χ3n) is 4.63. The Morgan fingerprint density at radius 1 is 1.07 bits per heavy atom. The Balaban J connectivity index is 1.76. The lowest BCUT2D eigenvalue weighted by Crippen LogP contribution is -2.16. The van der Waals surface area contributed by atoms with Gasteiger partial charge in [0.1, 0.15) is 5.78 Å². The van der Waals surface area contributed by atoms with E-state index in [1.54, 1.807) is 12.4 Å². The fraction of sp³-hybridized carbons (Fsp3) is 0.300. The second-order valence-corrected chi connectivity index (χ2v) is 8.62. The van der Waals surface area contributed by atoms with E-state index in [2.05, 4.69) is 31.1 Å². The molecule has 0 bridgehead atoms. The van der Waals surface area contributed by atoms with E-state index in [9.17, 15) is 4.79 Å². The molecule has 5 nitrogen and oxygen atoms in total. The lowest BCUT2D eigenvalue weighted by molar-refractivity contribution is -0.118. The van der Waals surface area contributed by atoms with Crippen molar-refractivity contribution in [1.29, 1.82) is 0 Å². The predicted molar refractivity (Wildman–Crippen MR) is 110 cm³/mol. The molecule has 27 heavy (non-hydrogen) atoms. The van der Waals surface area contributed by atoms with Gasteiger partial charge in [0.2, 0.25) is 0 Å². The lowest BCUT2D eigenvalue weighted by Gasteiger charge is -2.14. The molecular weight excluding hydrogens is 424 g/mol. The fourth-order valence-electron chi connectivity index (χ4n) is 3.23. The van der Waals surface area contributed by atoms with Crippen LogP contribution in [0, 0.1) is 0 Å². The number of hydrogen-bond donors (Lipinski definition) is 0. The number of pyridine rings is 1. The number of ketones is 1. The van der Waals surface area contributed by atoms with Gasteiger partial charge in [0.05, 0.1) is 5.25 Å². The molecule has 4 rings (SSSR count). The van der Waals surface area contributed by atoms with Crippen LogP contribution in [0.4, 0.5) is 0 Å². The van der Waals surface area contributed by atoms with Crippen molar-refractivity contribution in [3.8, 4) is 17.1 Å². The van der Waals surface area contributed by atoms with Crippen LogP contribution in [0.3, 0.4) is 0 Å². The molecule has 1 aromatic carbocycles. The van der Waals surface area contributed by atoms with Crippen molar-refractivity contribution < 1.29 is 4.79 Å². The highest BCUT2D eigenvalue weighted by molar-refractivity contribution is 9.10. The van der Waals surface area contributed by atoms with E-state index in [1.807, 2.05) is 41.0 Å². The SMILES string of the molecule is O=C1CCCCC[C@@H]1Sc1nnc(-c2cccnc2)n1-c1ccc(Br)cc1. The maximum absolute atomic E-state index is 12.5. The molecule has 1 saturated carbocycles. The van der Waals surface area contributed by atoms with Crippen LogP contribution in [0.25, 0.3) is 17.1 Å². The molecule has 0 spiro atoms.